The van der Waals surface area contributed by atoms with E-state index in [-0.39, 0.29) is 17.9 Å². The van der Waals surface area contributed by atoms with Gasteiger partial charge in [0.2, 0.25) is 5.91 Å². The summed E-state index contributed by atoms with van der Waals surface area (Å²) >= 11 is 0. The molecule has 1 aromatic carbocycles. The van der Waals surface area contributed by atoms with Crippen molar-refractivity contribution in [2.24, 2.45) is 5.41 Å². The third kappa shape index (κ3) is 5.58. The van der Waals surface area contributed by atoms with Crippen LogP contribution in [-0.2, 0) is 11.3 Å². The Hall–Kier alpha value is -1.79. The molecule has 0 saturated heterocycles. The molecule has 0 aliphatic heterocycles. The van der Waals surface area contributed by atoms with Gasteiger partial charge < -0.3 is 10.4 Å². The first-order chi connectivity index (χ1) is 8.93. The molecule has 3 nitrogen and oxygen atoms in total. The summed E-state index contributed by atoms with van der Waals surface area (Å²) in [7, 11) is 0. The van der Waals surface area contributed by atoms with Gasteiger partial charge in [0.1, 0.15) is 0 Å². The van der Waals surface area contributed by atoms with Gasteiger partial charge in [0.15, 0.2) is 0 Å². The van der Waals surface area contributed by atoms with Gasteiger partial charge in [-0.2, -0.15) is 0 Å². The zero-order chi connectivity index (χ0) is 14.3. The molecule has 2 N–H and O–H groups in total. The number of carbonyl (C=O) groups is 1. The van der Waals surface area contributed by atoms with Gasteiger partial charge in [0.25, 0.3) is 0 Å². The Balaban J connectivity index is 2.54. The number of hydrogen-bond acceptors (Lipinski definition) is 2. The zero-order valence-corrected chi connectivity index (χ0v) is 11.8. The highest BCUT2D eigenvalue weighted by Crippen LogP contribution is 2.13. The second-order valence-electron chi connectivity index (χ2n) is 5.40. The predicted octanol–water partition coefficient (Wildman–Crippen LogP) is 2.08. The van der Waals surface area contributed by atoms with Crippen molar-refractivity contribution in [1.82, 2.24) is 5.32 Å². The molecule has 1 rings (SSSR count). The Morgan fingerprint density at radius 2 is 1.89 bits per heavy atom. The van der Waals surface area contributed by atoms with Crippen LogP contribution in [0.2, 0.25) is 0 Å². The lowest BCUT2D eigenvalue weighted by atomic mass is 9.95. The molecule has 0 atom stereocenters. The first-order valence-corrected chi connectivity index (χ1v) is 6.40. The molecule has 0 unspecified atom stereocenters. The Bertz CT molecular complexity index is 472. The van der Waals surface area contributed by atoms with Crippen molar-refractivity contribution < 1.29 is 9.90 Å². The average Bonchev–Trinajstić information content (AvgIpc) is 2.36. The maximum atomic E-state index is 11.7. The normalized spacial score (nSPS) is 10.5. The molecule has 0 radical (unpaired) electrons. The molecule has 0 aromatic heterocycles. The summed E-state index contributed by atoms with van der Waals surface area (Å²) < 4.78 is 0. The molecule has 0 saturated carbocycles. The summed E-state index contributed by atoms with van der Waals surface area (Å²) in [5.74, 6) is 5.88. The molecule has 0 aliphatic carbocycles. The average molecular weight is 259 g/mol. The maximum absolute atomic E-state index is 11.7. The zero-order valence-electron chi connectivity index (χ0n) is 11.8. The predicted molar refractivity (Wildman–Crippen MR) is 76.3 cm³/mol. The lowest BCUT2D eigenvalue weighted by molar-refractivity contribution is -0.128. The molecular formula is C16H21NO2. The van der Waals surface area contributed by atoms with E-state index in [0.29, 0.717) is 13.0 Å². The summed E-state index contributed by atoms with van der Waals surface area (Å²) in [5.41, 5.74) is 1.60. The second-order valence-corrected chi connectivity index (χ2v) is 5.40. The van der Waals surface area contributed by atoms with Crippen molar-refractivity contribution in [2.45, 2.75) is 33.7 Å². The van der Waals surface area contributed by atoms with Gasteiger partial charge in [0, 0.05) is 23.9 Å². The smallest absolute Gasteiger partial charge is 0.225 e. The Morgan fingerprint density at radius 3 is 2.42 bits per heavy atom. The van der Waals surface area contributed by atoms with Crippen molar-refractivity contribution >= 4 is 5.91 Å². The minimum absolute atomic E-state index is 0.0410. The van der Waals surface area contributed by atoms with Crippen LogP contribution in [0.1, 0.15) is 38.3 Å². The Kier molecular flexibility index (Phi) is 5.59. The van der Waals surface area contributed by atoms with E-state index >= 15 is 0 Å². The maximum Gasteiger partial charge on any atom is 0.225 e. The summed E-state index contributed by atoms with van der Waals surface area (Å²) in [4.78, 5) is 11.7. The Morgan fingerprint density at radius 1 is 1.26 bits per heavy atom. The quantitative estimate of drug-likeness (QED) is 0.817. The van der Waals surface area contributed by atoms with E-state index in [0.717, 1.165) is 11.1 Å². The fraction of sp³-hybridized carbons (Fsp3) is 0.438. The van der Waals surface area contributed by atoms with E-state index in [1.54, 1.807) is 0 Å². The van der Waals surface area contributed by atoms with Crippen LogP contribution in [0, 0.1) is 17.3 Å². The van der Waals surface area contributed by atoms with Crippen LogP contribution in [0.5, 0.6) is 0 Å². The molecule has 0 aliphatic rings. The minimum atomic E-state index is -0.365. The van der Waals surface area contributed by atoms with Crippen molar-refractivity contribution in [2.75, 3.05) is 6.61 Å². The molecule has 102 valence electrons. The molecule has 0 fully saturated rings. The summed E-state index contributed by atoms with van der Waals surface area (Å²) in [6, 6.07) is 7.74. The van der Waals surface area contributed by atoms with Gasteiger partial charge >= 0.3 is 0 Å². The van der Waals surface area contributed by atoms with Gasteiger partial charge in [-0.05, 0) is 17.7 Å². The van der Waals surface area contributed by atoms with Crippen LogP contribution >= 0.6 is 0 Å². The van der Waals surface area contributed by atoms with Crippen molar-refractivity contribution in [3.63, 3.8) is 0 Å². The van der Waals surface area contributed by atoms with Crippen LogP contribution in [0.25, 0.3) is 0 Å². The topological polar surface area (TPSA) is 49.3 Å². The minimum Gasteiger partial charge on any atom is -0.395 e. The van der Waals surface area contributed by atoms with Crippen LogP contribution in [0.4, 0.5) is 0 Å². The van der Waals surface area contributed by atoms with E-state index in [4.69, 9.17) is 5.11 Å². The lowest BCUT2D eigenvalue weighted by Crippen LogP contribution is -2.34. The van der Waals surface area contributed by atoms with E-state index in [2.05, 4.69) is 17.2 Å². The van der Waals surface area contributed by atoms with Gasteiger partial charge in [-0.3, -0.25) is 4.79 Å². The van der Waals surface area contributed by atoms with E-state index in [9.17, 15) is 4.79 Å². The summed E-state index contributed by atoms with van der Waals surface area (Å²) in [6.07, 6.45) is 0.489. The molecule has 1 aromatic rings. The van der Waals surface area contributed by atoms with Crippen LogP contribution in [0.15, 0.2) is 24.3 Å². The number of aliphatic hydroxyl groups excluding tert-OH is 1. The van der Waals surface area contributed by atoms with Gasteiger partial charge in [-0.25, -0.2) is 0 Å². The third-order valence-electron chi connectivity index (χ3n) is 2.56. The SMILES string of the molecule is CC(C)(C)C(=O)NCc1ccc(C#CCCO)cc1. The number of amides is 1. The molecule has 0 heterocycles. The van der Waals surface area contributed by atoms with Crippen LogP contribution < -0.4 is 5.32 Å². The fourth-order valence-electron chi connectivity index (χ4n) is 1.37. The number of nitrogens with one attached hydrogen (secondary N) is 1. The van der Waals surface area contributed by atoms with Crippen LogP contribution in [-0.4, -0.2) is 17.6 Å². The first kappa shape index (κ1) is 15.3. The van der Waals surface area contributed by atoms with E-state index in [1.807, 2.05) is 45.0 Å². The molecule has 0 spiro atoms. The van der Waals surface area contributed by atoms with Crippen molar-refractivity contribution in [3.05, 3.63) is 35.4 Å². The highest BCUT2D eigenvalue weighted by Gasteiger charge is 2.20. The molecule has 3 heteroatoms. The molecular weight excluding hydrogens is 238 g/mol. The number of rotatable bonds is 3. The van der Waals surface area contributed by atoms with Gasteiger partial charge in [-0.1, -0.05) is 44.7 Å². The largest absolute Gasteiger partial charge is 0.395 e. The van der Waals surface area contributed by atoms with Gasteiger partial charge in [-0.15, -0.1) is 0 Å². The van der Waals surface area contributed by atoms with E-state index in [1.165, 1.54) is 0 Å². The number of carbonyl (C=O) groups excluding carboxylic acids is 1. The monoisotopic (exact) mass is 259 g/mol. The lowest BCUT2D eigenvalue weighted by Gasteiger charge is -2.17. The molecule has 0 bridgehead atoms. The molecule has 1 amide bonds. The number of hydrogen-bond donors (Lipinski definition) is 2. The third-order valence-corrected chi connectivity index (χ3v) is 2.56. The number of benzene rings is 1. The Labute approximate surface area is 115 Å². The highest BCUT2D eigenvalue weighted by atomic mass is 16.2. The van der Waals surface area contributed by atoms with Gasteiger partial charge in [0.05, 0.1) is 6.61 Å². The molecule has 19 heavy (non-hydrogen) atoms. The second kappa shape index (κ2) is 6.96. The van der Waals surface area contributed by atoms with Crippen LogP contribution in [0.3, 0.4) is 0 Å². The highest BCUT2D eigenvalue weighted by molar-refractivity contribution is 5.81. The first-order valence-electron chi connectivity index (χ1n) is 6.40. The number of aliphatic hydroxyl groups is 1. The van der Waals surface area contributed by atoms with Crippen molar-refractivity contribution in [1.29, 1.82) is 0 Å². The summed E-state index contributed by atoms with van der Waals surface area (Å²) in [5, 5.41) is 11.5. The summed E-state index contributed by atoms with van der Waals surface area (Å²) in [6.45, 7) is 6.29. The van der Waals surface area contributed by atoms with E-state index < -0.39 is 0 Å². The fourth-order valence-corrected chi connectivity index (χ4v) is 1.37. The standard InChI is InChI=1S/C16H21NO2/c1-16(2,3)15(19)17-12-14-9-7-13(8-10-14)6-4-5-11-18/h7-10,18H,5,11-12H2,1-3H3,(H,17,19). The van der Waals surface area contributed by atoms with Crippen molar-refractivity contribution in [3.8, 4) is 11.8 Å².